The van der Waals surface area contributed by atoms with Crippen molar-refractivity contribution in [2.75, 3.05) is 6.54 Å². The summed E-state index contributed by atoms with van der Waals surface area (Å²) in [5, 5.41) is 0. The van der Waals surface area contributed by atoms with Crippen LogP contribution in [0.5, 0.6) is 0 Å². The molecule has 2 aromatic rings. The van der Waals surface area contributed by atoms with E-state index < -0.39 is 0 Å². The van der Waals surface area contributed by atoms with E-state index in [1.807, 2.05) is 0 Å². The van der Waals surface area contributed by atoms with Crippen molar-refractivity contribution in [3.8, 4) is 5.69 Å². The van der Waals surface area contributed by atoms with Crippen molar-refractivity contribution in [3.63, 3.8) is 0 Å². The van der Waals surface area contributed by atoms with Crippen LogP contribution in [0.15, 0.2) is 36.4 Å². The standard InChI is InChI=1S/C14H18N2/c1-11-6-7-12(2)16(11)14-5-3-4-13(10-14)8-9-15/h3-7,10H,8-9,15H2,1-2H3. The van der Waals surface area contributed by atoms with Gasteiger partial charge in [0.05, 0.1) is 0 Å². The zero-order valence-corrected chi connectivity index (χ0v) is 9.90. The predicted molar refractivity (Wildman–Crippen MR) is 68.0 cm³/mol. The van der Waals surface area contributed by atoms with Gasteiger partial charge in [-0.15, -0.1) is 0 Å². The van der Waals surface area contributed by atoms with Gasteiger partial charge >= 0.3 is 0 Å². The highest BCUT2D eigenvalue weighted by Gasteiger charge is 2.03. The van der Waals surface area contributed by atoms with Gasteiger partial charge in [-0.2, -0.15) is 0 Å². The molecule has 0 spiro atoms. The van der Waals surface area contributed by atoms with Crippen LogP contribution in [0.25, 0.3) is 5.69 Å². The molecule has 0 atom stereocenters. The normalized spacial score (nSPS) is 10.7. The molecule has 2 N–H and O–H groups in total. The lowest BCUT2D eigenvalue weighted by molar-refractivity contribution is 0.939. The Bertz CT molecular complexity index is 464. The minimum atomic E-state index is 0.701. The molecule has 84 valence electrons. The lowest BCUT2D eigenvalue weighted by atomic mass is 10.1. The van der Waals surface area contributed by atoms with E-state index in [1.54, 1.807) is 0 Å². The van der Waals surface area contributed by atoms with Crippen LogP contribution < -0.4 is 5.73 Å². The van der Waals surface area contributed by atoms with Crippen molar-refractivity contribution in [2.24, 2.45) is 5.73 Å². The largest absolute Gasteiger partial charge is 0.330 e. The summed E-state index contributed by atoms with van der Waals surface area (Å²) in [6.07, 6.45) is 0.938. The topological polar surface area (TPSA) is 30.9 Å². The molecule has 0 fully saturated rings. The Kier molecular flexibility index (Phi) is 3.11. The first-order valence-electron chi connectivity index (χ1n) is 5.66. The van der Waals surface area contributed by atoms with Gasteiger partial charge in [-0.3, -0.25) is 0 Å². The Morgan fingerprint density at radius 3 is 2.38 bits per heavy atom. The monoisotopic (exact) mass is 214 g/mol. The Balaban J connectivity index is 2.44. The zero-order valence-electron chi connectivity index (χ0n) is 9.90. The first-order valence-corrected chi connectivity index (χ1v) is 5.66. The molecule has 1 aromatic carbocycles. The number of nitrogens with zero attached hydrogens (tertiary/aromatic N) is 1. The van der Waals surface area contributed by atoms with Gasteiger partial charge in [0.15, 0.2) is 0 Å². The molecule has 0 aliphatic rings. The second-order valence-corrected chi connectivity index (χ2v) is 4.16. The fourth-order valence-corrected chi connectivity index (χ4v) is 2.09. The van der Waals surface area contributed by atoms with Crippen molar-refractivity contribution in [3.05, 3.63) is 53.3 Å². The number of hydrogen-bond donors (Lipinski definition) is 1. The molecule has 0 aliphatic carbocycles. The maximum absolute atomic E-state index is 5.58. The van der Waals surface area contributed by atoms with Crippen LogP contribution in [0, 0.1) is 13.8 Å². The van der Waals surface area contributed by atoms with E-state index >= 15 is 0 Å². The molecule has 1 heterocycles. The zero-order chi connectivity index (χ0) is 11.5. The van der Waals surface area contributed by atoms with Gasteiger partial charge in [0.2, 0.25) is 0 Å². The van der Waals surface area contributed by atoms with Crippen molar-refractivity contribution in [1.82, 2.24) is 4.57 Å². The third kappa shape index (κ3) is 2.02. The second kappa shape index (κ2) is 4.54. The van der Waals surface area contributed by atoms with E-state index in [1.165, 1.54) is 22.6 Å². The molecular formula is C14H18N2. The second-order valence-electron chi connectivity index (χ2n) is 4.16. The number of rotatable bonds is 3. The van der Waals surface area contributed by atoms with E-state index in [4.69, 9.17) is 5.73 Å². The van der Waals surface area contributed by atoms with Gasteiger partial charge in [0.25, 0.3) is 0 Å². The fraction of sp³-hybridized carbons (Fsp3) is 0.286. The van der Waals surface area contributed by atoms with Crippen LogP contribution in [0.1, 0.15) is 17.0 Å². The average molecular weight is 214 g/mol. The maximum Gasteiger partial charge on any atom is 0.0457 e. The molecule has 16 heavy (non-hydrogen) atoms. The molecule has 2 rings (SSSR count). The minimum Gasteiger partial charge on any atom is -0.330 e. The Hall–Kier alpha value is -1.54. The van der Waals surface area contributed by atoms with E-state index in [-0.39, 0.29) is 0 Å². The quantitative estimate of drug-likeness (QED) is 0.836. The third-order valence-electron chi connectivity index (χ3n) is 2.87. The lowest BCUT2D eigenvalue weighted by Gasteiger charge is -2.10. The molecule has 2 heteroatoms. The molecule has 0 unspecified atom stereocenters. The first kappa shape index (κ1) is 11.0. The third-order valence-corrected chi connectivity index (χ3v) is 2.87. The summed E-state index contributed by atoms with van der Waals surface area (Å²) in [4.78, 5) is 0. The average Bonchev–Trinajstić information content (AvgIpc) is 2.59. The van der Waals surface area contributed by atoms with Crippen LogP contribution in [-0.4, -0.2) is 11.1 Å². The van der Waals surface area contributed by atoms with Crippen molar-refractivity contribution in [2.45, 2.75) is 20.3 Å². The van der Waals surface area contributed by atoms with E-state index in [0.29, 0.717) is 6.54 Å². The predicted octanol–water partition coefficient (Wildman–Crippen LogP) is 2.60. The SMILES string of the molecule is Cc1ccc(C)n1-c1cccc(CCN)c1. The maximum atomic E-state index is 5.58. The summed E-state index contributed by atoms with van der Waals surface area (Å²) in [7, 11) is 0. The van der Waals surface area contributed by atoms with Gasteiger partial charge < -0.3 is 10.3 Å². The van der Waals surface area contributed by atoms with Gasteiger partial charge in [-0.1, -0.05) is 12.1 Å². The molecule has 0 aliphatic heterocycles. The molecule has 0 saturated carbocycles. The molecule has 0 bridgehead atoms. The van der Waals surface area contributed by atoms with Gasteiger partial charge in [0.1, 0.15) is 0 Å². The molecule has 2 nitrogen and oxygen atoms in total. The van der Waals surface area contributed by atoms with Gasteiger partial charge in [-0.25, -0.2) is 0 Å². The van der Waals surface area contributed by atoms with Crippen LogP contribution in [0.3, 0.4) is 0 Å². The molecule has 0 radical (unpaired) electrons. The lowest BCUT2D eigenvalue weighted by Crippen LogP contribution is -2.04. The summed E-state index contributed by atoms with van der Waals surface area (Å²) in [6.45, 7) is 4.96. The van der Waals surface area contributed by atoms with E-state index in [2.05, 4.69) is 54.8 Å². The molecule has 1 aromatic heterocycles. The highest BCUT2D eigenvalue weighted by Crippen LogP contribution is 2.17. The summed E-state index contributed by atoms with van der Waals surface area (Å²) < 4.78 is 2.26. The first-order chi connectivity index (χ1) is 7.72. The Morgan fingerprint density at radius 1 is 1.06 bits per heavy atom. The van der Waals surface area contributed by atoms with E-state index in [9.17, 15) is 0 Å². The van der Waals surface area contributed by atoms with Crippen LogP contribution in [-0.2, 0) is 6.42 Å². The number of aryl methyl sites for hydroxylation is 2. The smallest absolute Gasteiger partial charge is 0.0457 e. The van der Waals surface area contributed by atoms with Crippen LogP contribution >= 0.6 is 0 Å². The minimum absolute atomic E-state index is 0.701. The van der Waals surface area contributed by atoms with E-state index in [0.717, 1.165) is 6.42 Å². The molecular weight excluding hydrogens is 196 g/mol. The summed E-state index contributed by atoms with van der Waals surface area (Å²) in [6, 6.07) is 12.9. The number of hydrogen-bond acceptors (Lipinski definition) is 1. The summed E-state index contributed by atoms with van der Waals surface area (Å²) >= 11 is 0. The summed E-state index contributed by atoms with van der Waals surface area (Å²) in [5.41, 5.74) is 10.6. The van der Waals surface area contributed by atoms with Crippen LogP contribution in [0.2, 0.25) is 0 Å². The van der Waals surface area contributed by atoms with Crippen molar-refractivity contribution >= 4 is 0 Å². The fourth-order valence-electron chi connectivity index (χ4n) is 2.09. The highest BCUT2D eigenvalue weighted by molar-refractivity contribution is 5.40. The number of aromatic nitrogens is 1. The molecule has 0 amide bonds. The number of benzene rings is 1. The van der Waals surface area contributed by atoms with Crippen LogP contribution in [0.4, 0.5) is 0 Å². The number of nitrogens with two attached hydrogens (primary N) is 1. The van der Waals surface area contributed by atoms with Crippen molar-refractivity contribution < 1.29 is 0 Å². The summed E-state index contributed by atoms with van der Waals surface area (Å²) in [5.74, 6) is 0. The molecule has 0 saturated heterocycles. The Morgan fingerprint density at radius 2 is 1.75 bits per heavy atom. The van der Waals surface area contributed by atoms with Crippen molar-refractivity contribution in [1.29, 1.82) is 0 Å². The highest BCUT2D eigenvalue weighted by atomic mass is 15.0. The van der Waals surface area contributed by atoms with Gasteiger partial charge in [0, 0.05) is 17.1 Å². The van der Waals surface area contributed by atoms with Gasteiger partial charge in [-0.05, 0) is 56.6 Å². The Labute approximate surface area is 96.7 Å².